The van der Waals surface area contributed by atoms with Crippen molar-refractivity contribution >= 4 is 33.0 Å². The molecule has 1 unspecified atom stereocenters. The number of hydrogen-bond acceptors (Lipinski definition) is 3. The van der Waals surface area contributed by atoms with Gasteiger partial charge in [0.1, 0.15) is 0 Å². The van der Waals surface area contributed by atoms with Crippen molar-refractivity contribution < 1.29 is 0 Å². The van der Waals surface area contributed by atoms with Crippen molar-refractivity contribution in [3.05, 3.63) is 52.5 Å². The van der Waals surface area contributed by atoms with Crippen LogP contribution in [0.15, 0.2) is 46.9 Å². The van der Waals surface area contributed by atoms with E-state index in [0.29, 0.717) is 0 Å². The minimum Gasteiger partial charge on any atom is -0.371 e. The zero-order valence-corrected chi connectivity index (χ0v) is 14.0. The largest absolute Gasteiger partial charge is 0.371 e. The van der Waals surface area contributed by atoms with Crippen LogP contribution in [-0.4, -0.2) is 20.1 Å². The fourth-order valence-electron chi connectivity index (χ4n) is 2.78. The normalized spacial score (nSPS) is 15.8. The third-order valence-corrected chi connectivity index (χ3v) is 4.67. The molecule has 1 atom stereocenters. The Morgan fingerprint density at radius 1 is 1.05 bits per heavy atom. The van der Waals surface area contributed by atoms with E-state index in [-0.39, 0.29) is 6.04 Å². The standard InChI is InChI=1S/C17H20BrN3/c1-12(19)13-7-8-15(14(18)11-13)21-10-9-20(2)16-5-3-4-6-17(16)21/h3-8,11-12H,9-10,19H2,1-2H3. The van der Waals surface area contributed by atoms with Gasteiger partial charge in [-0.05, 0) is 52.7 Å². The summed E-state index contributed by atoms with van der Waals surface area (Å²) in [5.41, 5.74) is 10.8. The molecule has 3 rings (SSSR count). The Kier molecular flexibility index (Phi) is 3.91. The Hall–Kier alpha value is -1.52. The van der Waals surface area contributed by atoms with Gasteiger partial charge >= 0.3 is 0 Å². The molecule has 0 saturated carbocycles. The average molecular weight is 346 g/mol. The number of fused-ring (bicyclic) bond motifs is 1. The maximum Gasteiger partial charge on any atom is 0.0649 e. The second-order valence-electron chi connectivity index (χ2n) is 5.56. The van der Waals surface area contributed by atoms with E-state index >= 15 is 0 Å². The first-order valence-electron chi connectivity index (χ1n) is 7.20. The van der Waals surface area contributed by atoms with Crippen LogP contribution in [0.3, 0.4) is 0 Å². The molecule has 0 fully saturated rings. The first-order valence-corrected chi connectivity index (χ1v) is 8.00. The van der Waals surface area contributed by atoms with Crippen molar-refractivity contribution in [1.29, 1.82) is 0 Å². The van der Waals surface area contributed by atoms with E-state index in [9.17, 15) is 0 Å². The number of rotatable bonds is 2. The van der Waals surface area contributed by atoms with E-state index in [1.807, 2.05) is 6.92 Å². The summed E-state index contributed by atoms with van der Waals surface area (Å²) in [6.07, 6.45) is 0. The van der Waals surface area contributed by atoms with E-state index in [1.165, 1.54) is 17.1 Å². The quantitative estimate of drug-likeness (QED) is 0.890. The second-order valence-corrected chi connectivity index (χ2v) is 6.42. The van der Waals surface area contributed by atoms with E-state index in [1.54, 1.807) is 0 Å². The Morgan fingerprint density at radius 3 is 2.43 bits per heavy atom. The van der Waals surface area contributed by atoms with Gasteiger partial charge in [-0.3, -0.25) is 0 Å². The molecule has 21 heavy (non-hydrogen) atoms. The third-order valence-electron chi connectivity index (χ3n) is 4.03. The van der Waals surface area contributed by atoms with Crippen LogP contribution in [-0.2, 0) is 0 Å². The molecular formula is C17H20BrN3. The maximum atomic E-state index is 5.96. The zero-order valence-electron chi connectivity index (χ0n) is 12.4. The minimum absolute atomic E-state index is 0.0510. The molecule has 0 radical (unpaired) electrons. The Balaban J connectivity index is 2.04. The third kappa shape index (κ3) is 2.65. The highest BCUT2D eigenvalue weighted by Crippen LogP contribution is 2.40. The fraction of sp³-hybridized carbons (Fsp3) is 0.294. The number of para-hydroxylation sites is 2. The Labute approximate surface area is 134 Å². The van der Waals surface area contributed by atoms with Crippen molar-refractivity contribution in [2.45, 2.75) is 13.0 Å². The number of hydrogen-bond donors (Lipinski definition) is 1. The molecular weight excluding hydrogens is 326 g/mol. The van der Waals surface area contributed by atoms with Gasteiger partial charge in [0, 0.05) is 30.7 Å². The average Bonchev–Trinajstić information content (AvgIpc) is 2.48. The van der Waals surface area contributed by atoms with Crippen LogP contribution >= 0.6 is 15.9 Å². The molecule has 2 aromatic carbocycles. The lowest BCUT2D eigenvalue weighted by Crippen LogP contribution is -2.36. The van der Waals surface area contributed by atoms with E-state index in [2.05, 4.69) is 75.2 Å². The summed E-state index contributed by atoms with van der Waals surface area (Å²) in [5.74, 6) is 0. The molecule has 1 aliphatic rings. The topological polar surface area (TPSA) is 32.5 Å². The Bertz CT molecular complexity index is 654. The summed E-state index contributed by atoms with van der Waals surface area (Å²) >= 11 is 3.71. The minimum atomic E-state index is 0.0510. The maximum absolute atomic E-state index is 5.96. The number of nitrogens with two attached hydrogens (primary N) is 1. The molecule has 0 spiro atoms. The number of benzene rings is 2. The summed E-state index contributed by atoms with van der Waals surface area (Å²) in [5, 5.41) is 0. The molecule has 3 nitrogen and oxygen atoms in total. The molecule has 0 aliphatic carbocycles. The molecule has 0 amide bonds. The van der Waals surface area contributed by atoms with Crippen molar-refractivity contribution in [2.75, 3.05) is 29.9 Å². The van der Waals surface area contributed by atoms with Gasteiger partial charge in [-0.1, -0.05) is 18.2 Å². The SMILES string of the molecule is CC(N)c1ccc(N2CCN(C)c3ccccc32)c(Br)c1. The van der Waals surface area contributed by atoms with Gasteiger partial charge in [0.25, 0.3) is 0 Å². The van der Waals surface area contributed by atoms with Gasteiger partial charge in [-0.15, -0.1) is 0 Å². The molecule has 1 aliphatic heterocycles. The number of anilines is 3. The molecule has 2 aromatic rings. The summed E-state index contributed by atoms with van der Waals surface area (Å²) in [6.45, 7) is 3.99. The fourth-order valence-corrected chi connectivity index (χ4v) is 3.39. The van der Waals surface area contributed by atoms with Crippen molar-refractivity contribution in [3.63, 3.8) is 0 Å². The second kappa shape index (κ2) is 5.70. The van der Waals surface area contributed by atoms with Crippen LogP contribution in [0.2, 0.25) is 0 Å². The number of halogens is 1. The highest BCUT2D eigenvalue weighted by Gasteiger charge is 2.22. The molecule has 0 bridgehead atoms. The highest BCUT2D eigenvalue weighted by atomic mass is 79.9. The van der Waals surface area contributed by atoms with Gasteiger partial charge in [0.15, 0.2) is 0 Å². The predicted octanol–water partition coefficient (Wildman–Crippen LogP) is 4.06. The zero-order chi connectivity index (χ0) is 15.0. The van der Waals surface area contributed by atoms with Crippen molar-refractivity contribution in [3.8, 4) is 0 Å². The molecule has 1 heterocycles. The summed E-state index contributed by atoms with van der Waals surface area (Å²) in [4.78, 5) is 4.67. The summed E-state index contributed by atoms with van der Waals surface area (Å²) in [7, 11) is 2.14. The molecule has 2 N–H and O–H groups in total. The predicted molar refractivity (Wildman–Crippen MR) is 93.5 cm³/mol. The molecule has 4 heteroatoms. The van der Waals surface area contributed by atoms with Crippen LogP contribution in [0.25, 0.3) is 0 Å². The van der Waals surface area contributed by atoms with Crippen LogP contribution in [0, 0.1) is 0 Å². The van der Waals surface area contributed by atoms with Gasteiger partial charge < -0.3 is 15.5 Å². The van der Waals surface area contributed by atoms with Crippen LogP contribution in [0.5, 0.6) is 0 Å². The first kappa shape index (κ1) is 14.4. The monoisotopic (exact) mass is 345 g/mol. The number of nitrogens with zero attached hydrogens (tertiary/aromatic N) is 2. The number of likely N-dealkylation sites (N-methyl/N-ethyl adjacent to an activating group) is 1. The van der Waals surface area contributed by atoms with Gasteiger partial charge in [-0.2, -0.15) is 0 Å². The van der Waals surface area contributed by atoms with Gasteiger partial charge in [0.05, 0.1) is 17.1 Å². The summed E-state index contributed by atoms with van der Waals surface area (Å²) in [6, 6.07) is 15.0. The summed E-state index contributed by atoms with van der Waals surface area (Å²) < 4.78 is 1.09. The van der Waals surface area contributed by atoms with Gasteiger partial charge in [-0.25, -0.2) is 0 Å². The van der Waals surface area contributed by atoms with Crippen molar-refractivity contribution in [2.24, 2.45) is 5.73 Å². The highest BCUT2D eigenvalue weighted by molar-refractivity contribution is 9.10. The van der Waals surface area contributed by atoms with E-state index in [0.717, 1.165) is 23.1 Å². The van der Waals surface area contributed by atoms with E-state index in [4.69, 9.17) is 5.73 Å². The van der Waals surface area contributed by atoms with Crippen molar-refractivity contribution in [1.82, 2.24) is 0 Å². The lowest BCUT2D eigenvalue weighted by Gasteiger charge is -2.37. The van der Waals surface area contributed by atoms with Gasteiger partial charge in [0.2, 0.25) is 0 Å². The van der Waals surface area contributed by atoms with Crippen LogP contribution in [0.1, 0.15) is 18.5 Å². The molecule has 110 valence electrons. The van der Waals surface area contributed by atoms with Crippen LogP contribution < -0.4 is 15.5 Å². The first-order chi connectivity index (χ1) is 10.1. The molecule has 0 saturated heterocycles. The lowest BCUT2D eigenvalue weighted by atomic mass is 10.1. The van der Waals surface area contributed by atoms with Crippen LogP contribution in [0.4, 0.5) is 17.1 Å². The lowest BCUT2D eigenvalue weighted by molar-refractivity contribution is 0.809. The Morgan fingerprint density at radius 2 is 1.76 bits per heavy atom. The smallest absolute Gasteiger partial charge is 0.0649 e. The molecule has 0 aromatic heterocycles. The van der Waals surface area contributed by atoms with E-state index < -0.39 is 0 Å².